The summed E-state index contributed by atoms with van der Waals surface area (Å²) < 4.78 is 16.4. The fourth-order valence-corrected chi connectivity index (χ4v) is 2.39. The smallest absolute Gasteiger partial charge is 0.339 e. The number of hydrogen-bond donors (Lipinski definition) is 0. The van der Waals surface area contributed by atoms with Crippen LogP contribution < -0.4 is 9.47 Å². The van der Waals surface area contributed by atoms with Gasteiger partial charge in [-0.05, 0) is 41.9 Å². The van der Waals surface area contributed by atoms with Crippen LogP contribution in [0.2, 0.25) is 0 Å². The Morgan fingerprint density at radius 2 is 1.95 bits per heavy atom. The van der Waals surface area contributed by atoms with Crippen molar-refractivity contribution >= 4 is 27.8 Å². The van der Waals surface area contributed by atoms with E-state index in [1.807, 2.05) is 6.92 Å². The number of methoxy groups -OCH3 is 1. The molecule has 6 nitrogen and oxygen atoms in total. The third-order valence-electron chi connectivity index (χ3n) is 2.82. The molecule has 0 bridgehead atoms. The topological polar surface area (TPSA) is 65.1 Å². The van der Waals surface area contributed by atoms with E-state index in [0.29, 0.717) is 22.6 Å². The first-order valence-corrected chi connectivity index (χ1v) is 7.53. The standard InChI is InChI=1S/C15H20BrNO5/c1-6-21-12-8-10(7-11(16)13(12)20-5)15(19)22-9(2)14(18)17(3)4/h7-9H,6H2,1-5H3/t9-/m1/s1. The van der Waals surface area contributed by atoms with E-state index < -0.39 is 12.1 Å². The molecule has 22 heavy (non-hydrogen) atoms. The summed E-state index contributed by atoms with van der Waals surface area (Å²) in [4.78, 5) is 25.3. The Balaban J connectivity index is 3.01. The fraction of sp³-hybridized carbons (Fsp3) is 0.467. The number of amides is 1. The Labute approximate surface area is 138 Å². The second-order valence-corrected chi connectivity index (χ2v) is 5.56. The number of benzene rings is 1. The lowest BCUT2D eigenvalue weighted by Gasteiger charge is -2.18. The molecule has 1 atom stereocenters. The fourth-order valence-electron chi connectivity index (χ4n) is 1.79. The van der Waals surface area contributed by atoms with E-state index in [2.05, 4.69) is 15.9 Å². The molecule has 0 aliphatic heterocycles. The van der Waals surface area contributed by atoms with Gasteiger partial charge in [0.05, 0.1) is 23.8 Å². The first kappa shape index (κ1) is 18.3. The van der Waals surface area contributed by atoms with Crippen molar-refractivity contribution in [3.63, 3.8) is 0 Å². The van der Waals surface area contributed by atoms with Gasteiger partial charge in [-0.2, -0.15) is 0 Å². The largest absolute Gasteiger partial charge is 0.492 e. The van der Waals surface area contributed by atoms with Crippen molar-refractivity contribution in [2.45, 2.75) is 20.0 Å². The average molecular weight is 374 g/mol. The van der Waals surface area contributed by atoms with Crippen molar-refractivity contribution in [2.24, 2.45) is 0 Å². The highest BCUT2D eigenvalue weighted by atomic mass is 79.9. The molecule has 1 rings (SSSR count). The van der Waals surface area contributed by atoms with Gasteiger partial charge in [0, 0.05) is 14.1 Å². The number of rotatable bonds is 6. The predicted molar refractivity (Wildman–Crippen MR) is 85.4 cm³/mol. The highest BCUT2D eigenvalue weighted by Crippen LogP contribution is 2.36. The first-order chi connectivity index (χ1) is 10.3. The van der Waals surface area contributed by atoms with Crippen LogP contribution in [0.25, 0.3) is 0 Å². The van der Waals surface area contributed by atoms with Crippen LogP contribution in [-0.4, -0.2) is 50.7 Å². The van der Waals surface area contributed by atoms with Gasteiger partial charge in [0.25, 0.3) is 5.91 Å². The van der Waals surface area contributed by atoms with E-state index in [1.54, 1.807) is 20.2 Å². The molecule has 0 aromatic heterocycles. The van der Waals surface area contributed by atoms with Crippen LogP contribution in [0.15, 0.2) is 16.6 Å². The molecule has 0 saturated carbocycles. The minimum absolute atomic E-state index is 0.273. The van der Waals surface area contributed by atoms with Gasteiger partial charge in [-0.3, -0.25) is 4.79 Å². The van der Waals surface area contributed by atoms with E-state index in [0.717, 1.165) is 0 Å². The van der Waals surface area contributed by atoms with Gasteiger partial charge < -0.3 is 19.1 Å². The molecule has 0 N–H and O–H groups in total. The molecule has 0 saturated heterocycles. The molecule has 0 fully saturated rings. The van der Waals surface area contributed by atoms with Gasteiger partial charge in [0.2, 0.25) is 0 Å². The number of ether oxygens (including phenoxy) is 3. The predicted octanol–water partition coefficient (Wildman–Crippen LogP) is 2.49. The molecule has 0 radical (unpaired) electrons. The van der Waals surface area contributed by atoms with Crippen molar-refractivity contribution < 1.29 is 23.8 Å². The summed E-state index contributed by atoms with van der Waals surface area (Å²) in [5.74, 6) is 0.0340. The maximum atomic E-state index is 12.2. The Morgan fingerprint density at radius 1 is 1.32 bits per heavy atom. The number of carbonyl (C=O) groups is 2. The maximum Gasteiger partial charge on any atom is 0.339 e. The molecule has 0 spiro atoms. The second-order valence-electron chi connectivity index (χ2n) is 4.70. The molecular formula is C15H20BrNO5. The summed E-state index contributed by atoms with van der Waals surface area (Å²) in [5, 5.41) is 0. The van der Waals surface area contributed by atoms with Crippen LogP contribution in [0.4, 0.5) is 0 Å². The van der Waals surface area contributed by atoms with Crippen molar-refractivity contribution in [3.8, 4) is 11.5 Å². The summed E-state index contributed by atoms with van der Waals surface area (Å²) in [7, 11) is 4.71. The summed E-state index contributed by atoms with van der Waals surface area (Å²) >= 11 is 3.33. The van der Waals surface area contributed by atoms with Gasteiger partial charge >= 0.3 is 5.97 Å². The summed E-state index contributed by atoms with van der Waals surface area (Å²) in [6, 6.07) is 3.10. The second kappa shape index (κ2) is 8.03. The van der Waals surface area contributed by atoms with Gasteiger partial charge in [-0.25, -0.2) is 4.79 Å². The maximum absolute atomic E-state index is 12.2. The number of likely N-dealkylation sites (N-methyl/N-ethyl adjacent to an activating group) is 1. The molecule has 0 heterocycles. The molecule has 0 aliphatic rings. The van der Waals surface area contributed by atoms with E-state index >= 15 is 0 Å². The average Bonchev–Trinajstić information content (AvgIpc) is 2.46. The molecule has 1 aromatic rings. The normalized spacial score (nSPS) is 11.5. The van der Waals surface area contributed by atoms with Crippen LogP contribution >= 0.6 is 15.9 Å². The Bertz CT molecular complexity index is 559. The number of halogens is 1. The minimum Gasteiger partial charge on any atom is -0.492 e. The van der Waals surface area contributed by atoms with E-state index in [4.69, 9.17) is 14.2 Å². The lowest BCUT2D eigenvalue weighted by molar-refractivity contribution is -0.137. The Kier molecular flexibility index (Phi) is 6.67. The highest BCUT2D eigenvalue weighted by molar-refractivity contribution is 9.10. The van der Waals surface area contributed by atoms with Crippen LogP contribution in [0.3, 0.4) is 0 Å². The molecule has 0 unspecified atom stereocenters. The van der Waals surface area contributed by atoms with Crippen molar-refractivity contribution in [1.29, 1.82) is 0 Å². The number of carbonyl (C=O) groups excluding carboxylic acids is 2. The number of esters is 1. The zero-order valence-corrected chi connectivity index (χ0v) is 14.9. The molecule has 1 aromatic carbocycles. The minimum atomic E-state index is -0.862. The van der Waals surface area contributed by atoms with E-state index in [-0.39, 0.29) is 11.5 Å². The third kappa shape index (κ3) is 4.37. The summed E-state index contributed by atoms with van der Waals surface area (Å²) in [6.07, 6.45) is -0.862. The summed E-state index contributed by atoms with van der Waals surface area (Å²) in [5.41, 5.74) is 0.273. The quantitative estimate of drug-likeness (QED) is 0.716. The molecule has 122 valence electrons. The SMILES string of the molecule is CCOc1cc(C(=O)O[C@H](C)C(=O)N(C)C)cc(Br)c1OC. The zero-order chi connectivity index (χ0) is 16.9. The van der Waals surface area contributed by atoms with Gasteiger partial charge in [0.15, 0.2) is 17.6 Å². The lowest BCUT2D eigenvalue weighted by atomic mass is 10.2. The zero-order valence-electron chi connectivity index (χ0n) is 13.3. The molecule has 0 aliphatic carbocycles. The molecular weight excluding hydrogens is 354 g/mol. The number of hydrogen-bond acceptors (Lipinski definition) is 5. The van der Waals surface area contributed by atoms with Crippen LogP contribution in [0.1, 0.15) is 24.2 Å². The molecule has 7 heteroatoms. The van der Waals surface area contributed by atoms with Crippen LogP contribution in [0, 0.1) is 0 Å². The molecule has 1 amide bonds. The van der Waals surface area contributed by atoms with E-state index in [9.17, 15) is 9.59 Å². The first-order valence-electron chi connectivity index (χ1n) is 6.74. The highest BCUT2D eigenvalue weighted by Gasteiger charge is 2.22. The van der Waals surface area contributed by atoms with Gasteiger partial charge in [0.1, 0.15) is 0 Å². The van der Waals surface area contributed by atoms with Crippen molar-refractivity contribution in [2.75, 3.05) is 27.8 Å². The Morgan fingerprint density at radius 3 is 2.45 bits per heavy atom. The summed E-state index contributed by atoms with van der Waals surface area (Å²) in [6.45, 7) is 3.79. The van der Waals surface area contributed by atoms with Crippen molar-refractivity contribution in [1.82, 2.24) is 4.90 Å². The third-order valence-corrected chi connectivity index (χ3v) is 3.41. The van der Waals surface area contributed by atoms with Gasteiger partial charge in [-0.15, -0.1) is 0 Å². The van der Waals surface area contributed by atoms with Gasteiger partial charge in [-0.1, -0.05) is 0 Å². The van der Waals surface area contributed by atoms with Crippen molar-refractivity contribution in [3.05, 3.63) is 22.2 Å². The lowest BCUT2D eigenvalue weighted by Crippen LogP contribution is -2.34. The Hall–Kier alpha value is -1.76. The van der Waals surface area contributed by atoms with Crippen LogP contribution in [0.5, 0.6) is 11.5 Å². The monoisotopic (exact) mass is 373 g/mol. The van der Waals surface area contributed by atoms with Crippen LogP contribution in [-0.2, 0) is 9.53 Å². The van der Waals surface area contributed by atoms with E-state index in [1.165, 1.54) is 25.0 Å². The number of nitrogens with zero attached hydrogens (tertiary/aromatic N) is 1.